The Balaban J connectivity index is 1.97. The molecule has 22 heavy (non-hydrogen) atoms. The maximum Gasteiger partial charge on any atom is 0.237 e. The van der Waals surface area contributed by atoms with Crippen LogP contribution < -0.4 is 5.32 Å². The number of rotatable bonds is 5. The third-order valence-corrected chi connectivity index (χ3v) is 4.22. The molecule has 1 aromatic rings. The molecule has 1 aromatic carbocycles. The first-order chi connectivity index (χ1) is 10.5. The number of carbonyl (C=O) groups is 1. The van der Waals surface area contributed by atoms with Crippen LogP contribution in [0.5, 0.6) is 0 Å². The van der Waals surface area contributed by atoms with Crippen LogP contribution in [-0.2, 0) is 4.79 Å². The smallest absolute Gasteiger partial charge is 0.237 e. The van der Waals surface area contributed by atoms with Gasteiger partial charge in [-0.3, -0.25) is 9.69 Å². The second-order valence-electron chi connectivity index (χ2n) is 5.81. The van der Waals surface area contributed by atoms with Crippen molar-refractivity contribution in [3.63, 3.8) is 0 Å². The van der Waals surface area contributed by atoms with E-state index in [0.29, 0.717) is 5.56 Å². The summed E-state index contributed by atoms with van der Waals surface area (Å²) < 4.78 is 13.3. The second-order valence-corrected chi connectivity index (χ2v) is 5.81. The fraction of sp³-hybridized carbons (Fsp3) is 0.562. The van der Waals surface area contributed by atoms with Gasteiger partial charge in [-0.05, 0) is 31.7 Å². The number of amides is 1. The highest BCUT2D eigenvalue weighted by molar-refractivity contribution is 5.81. The number of halogens is 1. The molecule has 0 saturated carbocycles. The summed E-state index contributed by atoms with van der Waals surface area (Å²) >= 11 is 0. The summed E-state index contributed by atoms with van der Waals surface area (Å²) in [5, 5.41) is 12.3. The molecule has 5 nitrogen and oxygen atoms in total. The molecule has 122 valence electrons. The van der Waals surface area contributed by atoms with Crippen LogP contribution in [-0.4, -0.2) is 66.7 Å². The lowest BCUT2D eigenvalue weighted by Crippen LogP contribution is -2.53. The Morgan fingerprint density at radius 3 is 2.64 bits per heavy atom. The summed E-state index contributed by atoms with van der Waals surface area (Å²) in [6.07, 6.45) is 0. The fourth-order valence-electron chi connectivity index (χ4n) is 2.63. The monoisotopic (exact) mass is 309 g/mol. The van der Waals surface area contributed by atoms with Gasteiger partial charge in [0.15, 0.2) is 0 Å². The Hall–Kier alpha value is -1.50. The highest BCUT2D eigenvalue weighted by Gasteiger charge is 2.26. The number of carbonyl (C=O) groups excluding carboxylic acids is 1. The molecular formula is C16H24FN3O2. The number of benzene rings is 1. The van der Waals surface area contributed by atoms with E-state index < -0.39 is 6.04 Å². The zero-order chi connectivity index (χ0) is 16.1. The van der Waals surface area contributed by atoms with Crippen LogP contribution in [0.1, 0.15) is 18.5 Å². The first kappa shape index (κ1) is 16.9. The van der Waals surface area contributed by atoms with Gasteiger partial charge in [-0.1, -0.05) is 12.1 Å². The number of aliphatic hydroxyl groups is 1. The van der Waals surface area contributed by atoms with Crippen LogP contribution in [0.4, 0.5) is 4.39 Å². The normalized spacial score (nSPS) is 19.6. The molecule has 1 aliphatic heterocycles. The molecule has 0 radical (unpaired) electrons. The average Bonchev–Trinajstić information content (AvgIpc) is 2.52. The third kappa shape index (κ3) is 4.25. The SMILES string of the molecule is CC(C(=O)NC(CO)c1cccc(F)c1)N1CCN(C)CC1. The van der Waals surface area contributed by atoms with E-state index in [0.717, 1.165) is 26.2 Å². The molecule has 0 bridgehead atoms. The van der Waals surface area contributed by atoms with Crippen LogP contribution in [0, 0.1) is 5.82 Å². The molecule has 2 N–H and O–H groups in total. The standard InChI is InChI=1S/C16H24FN3O2/c1-12(20-8-6-19(2)7-9-20)16(22)18-15(11-21)13-4-3-5-14(17)10-13/h3-5,10,12,15,21H,6-9,11H2,1-2H3,(H,18,22). The second kappa shape index (κ2) is 7.67. The van der Waals surface area contributed by atoms with Crippen LogP contribution in [0.25, 0.3) is 0 Å². The number of aliphatic hydroxyl groups excluding tert-OH is 1. The molecule has 2 atom stereocenters. The number of hydrogen-bond acceptors (Lipinski definition) is 4. The molecule has 0 spiro atoms. The highest BCUT2D eigenvalue weighted by Crippen LogP contribution is 2.15. The lowest BCUT2D eigenvalue weighted by Gasteiger charge is -2.36. The van der Waals surface area contributed by atoms with Gasteiger partial charge in [0.25, 0.3) is 0 Å². The fourth-order valence-corrected chi connectivity index (χ4v) is 2.63. The molecule has 1 aliphatic rings. The van der Waals surface area contributed by atoms with E-state index in [1.807, 2.05) is 6.92 Å². The van der Waals surface area contributed by atoms with Crippen molar-refractivity contribution < 1.29 is 14.3 Å². The van der Waals surface area contributed by atoms with Gasteiger partial charge in [-0.2, -0.15) is 0 Å². The number of likely N-dealkylation sites (N-methyl/N-ethyl adjacent to an activating group) is 1. The van der Waals surface area contributed by atoms with Crippen molar-refractivity contribution in [3.8, 4) is 0 Å². The zero-order valence-electron chi connectivity index (χ0n) is 13.1. The predicted octanol–water partition coefficient (Wildman–Crippen LogP) is 0.611. The van der Waals surface area contributed by atoms with E-state index in [-0.39, 0.29) is 24.4 Å². The first-order valence-electron chi connectivity index (χ1n) is 7.60. The van der Waals surface area contributed by atoms with E-state index in [2.05, 4.69) is 22.2 Å². The van der Waals surface area contributed by atoms with Crippen LogP contribution >= 0.6 is 0 Å². The van der Waals surface area contributed by atoms with E-state index in [4.69, 9.17) is 0 Å². The topological polar surface area (TPSA) is 55.8 Å². The Bertz CT molecular complexity index is 504. The molecule has 0 aromatic heterocycles. The van der Waals surface area contributed by atoms with Crippen molar-refractivity contribution in [1.29, 1.82) is 0 Å². The van der Waals surface area contributed by atoms with E-state index in [9.17, 15) is 14.3 Å². The molecular weight excluding hydrogens is 285 g/mol. The highest BCUT2D eigenvalue weighted by atomic mass is 19.1. The molecule has 6 heteroatoms. The summed E-state index contributed by atoms with van der Waals surface area (Å²) in [5.41, 5.74) is 0.571. The molecule has 1 amide bonds. The molecule has 1 saturated heterocycles. The molecule has 1 fully saturated rings. The summed E-state index contributed by atoms with van der Waals surface area (Å²) in [4.78, 5) is 16.7. The van der Waals surface area contributed by atoms with Crippen molar-refractivity contribution in [1.82, 2.24) is 15.1 Å². The van der Waals surface area contributed by atoms with Crippen molar-refractivity contribution in [2.75, 3.05) is 39.8 Å². The Kier molecular flexibility index (Phi) is 5.88. The van der Waals surface area contributed by atoms with Gasteiger partial charge in [0.2, 0.25) is 5.91 Å². The quantitative estimate of drug-likeness (QED) is 0.837. The summed E-state index contributed by atoms with van der Waals surface area (Å²) in [5.74, 6) is -0.523. The van der Waals surface area contributed by atoms with Crippen molar-refractivity contribution in [2.24, 2.45) is 0 Å². The first-order valence-corrected chi connectivity index (χ1v) is 7.60. The number of piperazine rings is 1. The largest absolute Gasteiger partial charge is 0.394 e. The minimum atomic E-state index is -0.585. The van der Waals surface area contributed by atoms with Crippen LogP contribution in [0.15, 0.2) is 24.3 Å². The van der Waals surface area contributed by atoms with Crippen molar-refractivity contribution >= 4 is 5.91 Å². The summed E-state index contributed by atoms with van der Waals surface area (Å²) in [6.45, 7) is 5.16. The van der Waals surface area contributed by atoms with Crippen molar-refractivity contribution in [3.05, 3.63) is 35.6 Å². The van der Waals surface area contributed by atoms with E-state index >= 15 is 0 Å². The maximum absolute atomic E-state index is 13.3. The minimum absolute atomic E-state index is 0.145. The molecule has 1 heterocycles. The number of hydrogen-bond donors (Lipinski definition) is 2. The third-order valence-electron chi connectivity index (χ3n) is 4.22. The molecule has 2 unspecified atom stereocenters. The number of nitrogens with zero attached hydrogens (tertiary/aromatic N) is 2. The predicted molar refractivity (Wildman–Crippen MR) is 82.9 cm³/mol. The molecule has 2 rings (SSSR count). The Labute approximate surface area is 130 Å². The van der Waals surface area contributed by atoms with E-state index in [1.165, 1.54) is 12.1 Å². The maximum atomic E-state index is 13.3. The van der Waals surface area contributed by atoms with Gasteiger partial charge < -0.3 is 15.3 Å². The van der Waals surface area contributed by atoms with Crippen molar-refractivity contribution in [2.45, 2.75) is 19.0 Å². The lowest BCUT2D eigenvalue weighted by molar-refractivity contribution is -0.127. The Morgan fingerprint density at radius 2 is 2.05 bits per heavy atom. The zero-order valence-corrected chi connectivity index (χ0v) is 13.1. The van der Waals surface area contributed by atoms with Gasteiger partial charge in [0.1, 0.15) is 5.82 Å². The van der Waals surface area contributed by atoms with E-state index in [1.54, 1.807) is 12.1 Å². The van der Waals surface area contributed by atoms with Gasteiger partial charge in [-0.25, -0.2) is 4.39 Å². The minimum Gasteiger partial charge on any atom is -0.394 e. The van der Waals surface area contributed by atoms with Gasteiger partial charge in [-0.15, -0.1) is 0 Å². The number of nitrogens with one attached hydrogen (secondary N) is 1. The lowest BCUT2D eigenvalue weighted by atomic mass is 10.1. The summed E-state index contributed by atoms with van der Waals surface area (Å²) in [7, 11) is 2.06. The molecule has 0 aliphatic carbocycles. The van der Waals surface area contributed by atoms with Gasteiger partial charge >= 0.3 is 0 Å². The van der Waals surface area contributed by atoms with Gasteiger partial charge in [0, 0.05) is 26.2 Å². The Morgan fingerprint density at radius 1 is 1.36 bits per heavy atom. The van der Waals surface area contributed by atoms with Crippen LogP contribution in [0.2, 0.25) is 0 Å². The average molecular weight is 309 g/mol. The summed E-state index contributed by atoms with van der Waals surface area (Å²) in [6, 6.07) is 5.09. The van der Waals surface area contributed by atoms with Crippen LogP contribution in [0.3, 0.4) is 0 Å². The van der Waals surface area contributed by atoms with Gasteiger partial charge in [0.05, 0.1) is 18.7 Å².